The number of rotatable bonds is 8. The van der Waals surface area contributed by atoms with Gasteiger partial charge in [-0.25, -0.2) is 9.97 Å². The summed E-state index contributed by atoms with van der Waals surface area (Å²) in [4.78, 5) is 13.6. The fourth-order valence-corrected chi connectivity index (χ4v) is 3.42. The van der Waals surface area contributed by atoms with E-state index in [2.05, 4.69) is 15.3 Å². The van der Waals surface area contributed by atoms with Crippen molar-refractivity contribution in [3.63, 3.8) is 0 Å². The first-order valence-corrected chi connectivity index (χ1v) is 10.3. The van der Waals surface area contributed by atoms with Gasteiger partial charge in [0.15, 0.2) is 17.0 Å². The minimum absolute atomic E-state index is 0. The molecular formula is C22H28N5NaO3. The second-order valence-electron chi connectivity index (χ2n) is 7.34. The number of nitrogens with one attached hydrogen (secondary N) is 1. The maximum atomic E-state index is 9.17. The molecule has 2 aromatic heterocycles. The predicted molar refractivity (Wildman–Crippen MR) is 121 cm³/mol. The third kappa shape index (κ3) is 5.84. The Morgan fingerprint density at radius 1 is 1.29 bits per heavy atom. The number of hydrogen-bond donors (Lipinski definition) is 2. The molecule has 1 aromatic carbocycles. The molecule has 0 spiro atoms. The van der Waals surface area contributed by atoms with E-state index in [1.807, 2.05) is 47.9 Å². The Morgan fingerprint density at radius 2 is 2.13 bits per heavy atom. The Hall–Kier alpha value is -1.97. The number of aliphatic hydroxyl groups excluding tert-OH is 1. The van der Waals surface area contributed by atoms with Gasteiger partial charge in [-0.15, -0.1) is 0 Å². The van der Waals surface area contributed by atoms with Gasteiger partial charge in [-0.3, -0.25) is 4.57 Å². The van der Waals surface area contributed by atoms with Gasteiger partial charge in [-0.2, -0.15) is 4.98 Å². The molecule has 9 heteroatoms. The maximum absolute atomic E-state index is 9.17. The summed E-state index contributed by atoms with van der Waals surface area (Å²) in [7, 11) is 0. The van der Waals surface area contributed by atoms with Crippen molar-refractivity contribution >= 4 is 46.5 Å². The zero-order valence-electron chi connectivity index (χ0n) is 17.1. The first kappa shape index (κ1) is 23.7. The molecule has 160 valence electrons. The van der Waals surface area contributed by atoms with Crippen molar-refractivity contribution in [3.8, 4) is 6.01 Å². The van der Waals surface area contributed by atoms with E-state index in [4.69, 9.17) is 14.5 Å². The molecule has 1 saturated heterocycles. The molecule has 1 aliphatic rings. The fourth-order valence-electron chi connectivity index (χ4n) is 3.42. The molecule has 0 saturated carbocycles. The average molecular weight is 433 g/mol. The minimum atomic E-state index is -0.159. The van der Waals surface area contributed by atoms with E-state index in [1.165, 1.54) is 6.33 Å². The van der Waals surface area contributed by atoms with Gasteiger partial charge in [0.05, 0.1) is 6.61 Å². The van der Waals surface area contributed by atoms with E-state index < -0.39 is 0 Å². The molecule has 0 amide bonds. The first-order chi connectivity index (χ1) is 14.8. The van der Waals surface area contributed by atoms with Gasteiger partial charge < -0.3 is 19.9 Å². The molecule has 1 fully saturated rings. The van der Waals surface area contributed by atoms with Crippen LogP contribution < -0.4 is 10.1 Å². The molecule has 0 radical (unpaired) electrons. The van der Waals surface area contributed by atoms with Crippen LogP contribution in [0.15, 0.2) is 48.3 Å². The van der Waals surface area contributed by atoms with Crippen molar-refractivity contribution in [2.45, 2.75) is 39.0 Å². The molecular weight excluding hydrogens is 405 g/mol. The van der Waals surface area contributed by atoms with Crippen LogP contribution in [0.1, 0.15) is 38.0 Å². The van der Waals surface area contributed by atoms with Crippen molar-refractivity contribution in [2.75, 3.05) is 25.1 Å². The van der Waals surface area contributed by atoms with Crippen molar-refractivity contribution in [1.29, 1.82) is 0 Å². The second-order valence-corrected chi connectivity index (χ2v) is 7.34. The number of aliphatic hydroxyl groups is 1. The van der Waals surface area contributed by atoms with Crippen LogP contribution in [0, 0.1) is 0 Å². The summed E-state index contributed by atoms with van der Waals surface area (Å²) in [5.41, 5.74) is 3.28. The van der Waals surface area contributed by atoms with Crippen LogP contribution in [0.5, 0.6) is 6.01 Å². The number of benzene rings is 1. The van der Waals surface area contributed by atoms with Crippen LogP contribution in [-0.4, -0.2) is 73.9 Å². The third-order valence-electron chi connectivity index (χ3n) is 5.07. The van der Waals surface area contributed by atoms with Crippen LogP contribution in [0.25, 0.3) is 11.2 Å². The summed E-state index contributed by atoms with van der Waals surface area (Å²) in [5.74, 6) is 0.626. The van der Waals surface area contributed by atoms with E-state index in [9.17, 15) is 5.11 Å². The van der Waals surface area contributed by atoms with Crippen LogP contribution >= 0.6 is 0 Å². The van der Waals surface area contributed by atoms with E-state index in [1.54, 1.807) is 0 Å². The fraction of sp³-hybridized carbons (Fsp3) is 0.409. The summed E-state index contributed by atoms with van der Waals surface area (Å²) in [5, 5.41) is 12.4. The molecule has 4 rings (SSSR count). The standard InChI is InChI=1S/C22H27N5O3.Na.H/c1-16(13-28)10-11-23-20-19-21(25-15-24-20)27(18-9-5-6-12-29-18)22(26-19)30-14-17-7-3-2-4-8-17;;/h2-4,7-8,10,15,18,28H,5-6,9,11-14H2,1H3,(H,23,24,25);;/b16-10+;;. The van der Waals surface area contributed by atoms with Gasteiger partial charge in [-0.05, 0) is 31.7 Å². The Kier molecular flexibility index (Phi) is 8.86. The summed E-state index contributed by atoms with van der Waals surface area (Å²) in [6.45, 7) is 3.56. The van der Waals surface area contributed by atoms with Crippen LogP contribution in [0.3, 0.4) is 0 Å². The molecule has 31 heavy (non-hydrogen) atoms. The van der Waals surface area contributed by atoms with Crippen molar-refractivity contribution in [1.82, 2.24) is 19.5 Å². The van der Waals surface area contributed by atoms with Crippen molar-refractivity contribution in [2.24, 2.45) is 0 Å². The summed E-state index contributed by atoms with van der Waals surface area (Å²) in [6.07, 6.45) is 6.31. The van der Waals surface area contributed by atoms with E-state index in [0.29, 0.717) is 42.8 Å². The molecule has 2 N–H and O–H groups in total. The quantitative estimate of drug-likeness (QED) is 0.417. The van der Waals surface area contributed by atoms with Crippen molar-refractivity contribution in [3.05, 3.63) is 53.9 Å². The van der Waals surface area contributed by atoms with Crippen molar-refractivity contribution < 1.29 is 14.6 Å². The van der Waals surface area contributed by atoms with Gasteiger partial charge in [-0.1, -0.05) is 42.0 Å². The number of hydrogen-bond acceptors (Lipinski definition) is 7. The van der Waals surface area contributed by atoms with Gasteiger partial charge in [0.1, 0.15) is 19.2 Å². The Labute approximate surface area is 204 Å². The molecule has 8 nitrogen and oxygen atoms in total. The summed E-state index contributed by atoms with van der Waals surface area (Å²) in [6, 6.07) is 10.5. The van der Waals surface area contributed by atoms with Gasteiger partial charge in [0.25, 0.3) is 0 Å². The first-order valence-electron chi connectivity index (χ1n) is 10.3. The number of anilines is 1. The van der Waals surface area contributed by atoms with E-state index in [-0.39, 0.29) is 42.4 Å². The van der Waals surface area contributed by atoms with E-state index in [0.717, 1.165) is 30.4 Å². The Morgan fingerprint density at radius 3 is 2.87 bits per heavy atom. The molecule has 1 unspecified atom stereocenters. The van der Waals surface area contributed by atoms with Gasteiger partial charge in [0.2, 0.25) is 0 Å². The summed E-state index contributed by atoms with van der Waals surface area (Å²) < 4.78 is 14.1. The van der Waals surface area contributed by atoms with Gasteiger partial charge >= 0.3 is 35.6 Å². The molecule has 0 bridgehead atoms. The average Bonchev–Trinajstić information content (AvgIpc) is 3.18. The Bertz CT molecular complexity index is 1000. The molecule has 3 aromatic rings. The monoisotopic (exact) mass is 433 g/mol. The zero-order valence-corrected chi connectivity index (χ0v) is 17.1. The summed E-state index contributed by atoms with van der Waals surface area (Å²) >= 11 is 0. The Balaban J connectivity index is 0.00000272. The molecule has 1 atom stereocenters. The van der Waals surface area contributed by atoms with Crippen LogP contribution in [0.2, 0.25) is 0 Å². The molecule has 0 aliphatic carbocycles. The molecule has 3 heterocycles. The number of aromatic nitrogens is 4. The zero-order chi connectivity index (χ0) is 20.8. The third-order valence-corrected chi connectivity index (χ3v) is 5.07. The second kappa shape index (κ2) is 11.6. The topological polar surface area (TPSA) is 94.3 Å². The number of fused-ring (bicyclic) bond motifs is 1. The van der Waals surface area contributed by atoms with Gasteiger partial charge in [0, 0.05) is 13.2 Å². The number of ether oxygens (including phenoxy) is 2. The normalized spacial score (nSPS) is 16.7. The van der Waals surface area contributed by atoms with Crippen LogP contribution in [-0.2, 0) is 11.3 Å². The number of nitrogens with zero attached hydrogens (tertiary/aromatic N) is 4. The van der Waals surface area contributed by atoms with E-state index >= 15 is 0 Å². The predicted octanol–water partition coefficient (Wildman–Crippen LogP) is 2.81. The molecule has 1 aliphatic heterocycles. The SMILES string of the molecule is C/C(=C\CNc1ncnc2c1nc(OCc1ccccc1)n2C1CCCCO1)CO.[NaH]. The van der Waals surface area contributed by atoms with Crippen LogP contribution in [0.4, 0.5) is 5.82 Å². The number of imidazole rings is 1.